The topological polar surface area (TPSA) is 80.3 Å². The first-order valence-corrected chi connectivity index (χ1v) is 9.63. The monoisotopic (exact) mass is 435 g/mol. The molecule has 0 saturated heterocycles. The summed E-state index contributed by atoms with van der Waals surface area (Å²) >= 11 is 1.20. The molecule has 30 heavy (non-hydrogen) atoms. The van der Waals surface area contributed by atoms with Crippen LogP contribution in [0.3, 0.4) is 0 Å². The lowest BCUT2D eigenvalue weighted by atomic mass is 10.2. The lowest BCUT2D eigenvalue weighted by Crippen LogP contribution is -2.13. The Hall–Kier alpha value is -3.40. The molecule has 156 valence electrons. The zero-order valence-electron chi connectivity index (χ0n) is 15.4. The number of hydrogen-bond donors (Lipinski definition) is 2. The van der Waals surface area contributed by atoms with Gasteiger partial charge in [0.25, 0.3) is 5.91 Å². The number of ether oxygens (including phenoxy) is 1. The van der Waals surface area contributed by atoms with Gasteiger partial charge in [0.2, 0.25) is 5.91 Å². The third-order valence-corrected chi connectivity index (χ3v) is 4.64. The van der Waals surface area contributed by atoms with Crippen molar-refractivity contribution in [1.29, 1.82) is 0 Å². The number of nitrogens with one attached hydrogen (secondary N) is 2. The molecule has 2 aromatic carbocycles. The average molecular weight is 435 g/mol. The van der Waals surface area contributed by atoms with Gasteiger partial charge in [-0.25, -0.2) is 9.37 Å². The third kappa shape index (κ3) is 6.31. The number of carbonyl (C=O) groups is 2. The molecule has 0 aliphatic heterocycles. The van der Waals surface area contributed by atoms with Crippen molar-refractivity contribution >= 4 is 34.0 Å². The summed E-state index contributed by atoms with van der Waals surface area (Å²) in [7, 11) is 0. The first-order valence-electron chi connectivity index (χ1n) is 8.75. The molecule has 6 nitrogen and oxygen atoms in total. The van der Waals surface area contributed by atoms with Crippen LogP contribution >= 0.6 is 11.3 Å². The van der Waals surface area contributed by atoms with E-state index in [1.165, 1.54) is 53.8 Å². The summed E-state index contributed by atoms with van der Waals surface area (Å²) in [5.41, 5.74) is 1.24. The van der Waals surface area contributed by atoms with E-state index in [-0.39, 0.29) is 18.1 Å². The fourth-order valence-corrected chi connectivity index (χ4v) is 3.20. The second-order valence-corrected chi connectivity index (χ2v) is 6.92. The zero-order chi connectivity index (χ0) is 21.5. The Morgan fingerprint density at radius 2 is 1.87 bits per heavy atom. The van der Waals surface area contributed by atoms with Crippen LogP contribution in [-0.4, -0.2) is 23.4 Å². The number of alkyl halides is 2. The molecule has 0 fully saturated rings. The summed E-state index contributed by atoms with van der Waals surface area (Å²) in [5, 5.41) is 7.29. The SMILES string of the molecule is O=C(CCc1csc(NC(=O)c2ccc(F)cc2)n1)Nc1cccc(OC(F)F)c1. The summed E-state index contributed by atoms with van der Waals surface area (Å²) in [4.78, 5) is 28.4. The summed E-state index contributed by atoms with van der Waals surface area (Å²) in [6.45, 7) is -2.95. The maximum atomic E-state index is 12.9. The molecule has 0 atom stereocenters. The van der Waals surface area contributed by atoms with Crippen LogP contribution in [0.2, 0.25) is 0 Å². The van der Waals surface area contributed by atoms with Crippen molar-refractivity contribution in [1.82, 2.24) is 4.98 Å². The molecular formula is C20H16F3N3O3S. The Labute approximate surface area is 173 Å². The van der Waals surface area contributed by atoms with E-state index in [4.69, 9.17) is 0 Å². The van der Waals surface area contributed by atoms with E-state index >= 15 is 0 Å². The Bertz CT molecular complexity index is 1030. The molecule has 0 aliphatic rings. The van der Waals surface area contributed by atoms with Gasteiger partial charge in [-0.3, -0.25) is 14.9 Å². The van der Waals surface area contributed by atoms with Crippen molar-refractivity contribution in [2.75, 3.05) is 10.6 Å². The van der Waals surface area contributed by atoms with Gasteiger partial charge in [-0.15, -0.1) is 11.3 Å². The summed E-state index contributed by atoms with van der Waals surface area (Å²) in [6.07, 6.45) is 0.428. The van der Waals surface area contributed by atoms with Crippen LogP contribution in [0.5, 0.6) is 5.75 Å². The molecular weight excluding hydrogens is 419 g/mol. The molecule has 2 N–H and O–H groups in total. The van der Waals surface area contributed by atoms with Crippen LogP contribution in [0, 0.1) is 5.82 Å². The van der Waals surface area contributed by atoms with Gasteiger partial charge in [0, 0.05) is 29.1 Å². The minimum absolute atomic E-state index is 0.0520. The number of carbonyl (C=O) groups excluding carboxylic acids is 2. The fraction of sp³-hybridized carbons (Fsp3) is 0.150. The second-order valence-electron chi connectivity index (χ2n) is 6.06. The van der Waals surface area contributed by atoms with Crippen LogP contribution in [0.1, 0.15) is 22.5 Å². The molecule has 2 amide bonds. The average Bonchev–Trinajstić information content (AvgIpc) is 3.14. The Morgan fingerprint density at radius 3 is 2.60 bits per heavy atom. The normalized spacial score (nSPS) is 10.7. The highest BCUT2D eigenvalue weighted by Crippen LogP contribution is 2.20. The molecule has 3 aromatic rings. The molecule has 0 saturated carbocycles. The smallest absolute Gasteiger partial charge is 0.387 e. The van der Waals surface area contributed by atoms with Gasteiger partial charge in [-0.1, -0.05) is 6.07 Å². The van der Waals surface area contributed by atoms with Crippen molar-refractivity contribution in [3.05, 3.63) is 71.0 Å². The maximum absolute atomic E-state index is 12.9. The van der Waals surface area contributed by atoms with Crippen molar-refractivity contribution in [2.45, 2.75) is 19.5 Å². The molecule has 0 spiro atoms. The Morgan fingerprint density at radius 1 is 1.10 bits per heavy atom. The molecule has 0 radical (unpaired) electrons. The van der Waals surface area contributed by atoms with E-state index in [0.29, 0.717) is 28.5 Å². The highest BCUT2D eigenvalue weighted by Gasteiger charge is 2.11. The van der Waals surface area contributed by atoms with E-state index in [1.54, 1.807) is 11.4 Å². The fourth-order valence-electron chi connectivity index (χ4n) is 2.46. The minimum Gasteiger partial charge on any atom is -0.435 e. The minimum atomic E-state index is -2.95. The van der Waals surface area contributed by atoms with Crippen LogP contribution in [0.15, 0.2) is 53.9 Å². The number of halogens is 3. The number of amides is 2. The van der Waals surface area contributed by atoms with Gasteiger partial charge in [-0.2, -0.15) is 8.78 Å². The lowest BCUT2D eigenvalue weighted by molar-refractivity contribution is -0.116. The first kappa shape index (κ1) is 21.3. The summed E-state index contributed by atoms with van der Waals surface area (Å²) in [6, 6.07) is 10.8. The van der Waals surface area contributed by atoms with E-state index in [2.05, 4.69) is 20.4 Å². The molecule has 1 heterocycles. The number of anilines is 2. The van der Waals surface area contributed by atoms with E-state index in [9.17, 15) is 22.8 Å². The predicted molar refractivity (Wildman–Crippen MR) is 106 cm³/mol. The number of nitrogens with zero attached hydrogens (tertiary/aromatic N) is 1. The molecule has 3 rings (SSSR count). The lowest BCUT2D eigenvalue weighted by Gasteiger charge is -2.08. The molecule has 0 unspecified atom stereocenters. The van der Waals surface area contributed by atoms with Crippen molar-refractivity contribution < 1.29 is 27.5 Å². The predicted octanol–water partition coefficient (Wildman–Crippen LogP) is 4.71. The van der Waals surface area contributed by atoms with Gasteiger partial charge in [0.05, 0.1) is 5.69 Å². The molecule has 10 heteroatoms. The van der Waals surface area contributed by atoms with Crippen LogP contribution in [0.4, 0.5) is 24.0 Å². The highest BCUT2D eigenvalue weighted by molar-refractivity contribution is 7.14. The number of aromatic nitrogens is 1. The number of aryl methyl sites for hydroxylation is 1. The molecule has 0 bridgehead atoms. The van der Waals surface area contributed by atoms with Crippen molar-refractivity contribution in [3.8, 4) is 5.75 Å². The molecule has 0 aliphatic carbocycles. The summed E-state index contributed by atoms with van der Waals surface area (Å²) < 4.78 is 41.7. The van der Waals surface area contributed by atoms with Crippen molar-refractivity contribution in [3.63, 3.8) is 0 Å². The first-order chi connectivity index (χ1) is 14.4. The van der Waals surface area contributed by atoms with E-state index in [0.717, 1.165) is 0 Å². The summed E-state index contributed by atoms with van der Waals surface area (Å²) in [5.74, 6) is -1.23. The quantitative estimate of drug-likeness (QED) is 0.537. The van der Waals surface area contributed by atoms with Gasteiger partial charge >= 0.3 is 6.61 Å². The zero-order valence-corrected chi connectivity index (χ0v) is 16.2. The standard InChI is InChI=1S/C20H16F3N3O3S/c21-13-6-4-12(5-7-13)18(28)26-20-25-15(11-30-20)8-9-17(27)24-14-2-1-3-16(10-14)29-19(22)23/h1-7,10-11,19H,8-9H2,(H,24,27)(H,25,26,28). The number of hydrogen-bond acceptors (Lipinski definition) is 5. The highest BCUT2D eigenvalue weighted by atomic mass is 32.1. The van der Waals surface area contributed by atoms with Gasteiger partial charge in [0.15, 0.2) is 5.13 Å². The van der Waals surface area contributed by atoms with Crippen LogP contribution in [0.25, 0.3) is 0 Å². The van der Waals surface area contributed by atoms with Crippen molar-refractivity contribution in [2.24, 2.45) is 0 Å². The second kappa shape index (κ2) is 9.88. The van der Waals surface area contributed by atoms with Crippen LogP contribution < -0.4 is 15.4 Å². The maximum Gasteiger partial charge on any atom is 0.387 e. The van der Waals surface area contributed by atoms with Crippen LogP contribution in [-0.2, 0) is 11.2 Å². The third-order valence-electron chi connectivity index (χ3n) is 3.83. The van der Waals surface area contributed by atoms with E-state index in [1.807, 2.05) is 0 Å². The number of benzene rings is 2. The Balaban J connectivity index is 1.49. The van der Waals surface area contributed by atoms with Gasteiger partial charge in [0.1, 0.15) is 11.6 Å². The van der Waals surface area contributed by atoms with E-state index < -0.39 is 18.3 Å². The largest absolute Gasteiger partial charge is 0.435 e. The van der Waals surface area contributed by atoms with Gasteiger partial charge < -0.3 is 10.1 Å². The van der Waals surface area contributed by atoms with Gasteiger partial charge in [-0.05, 0) is 42.8 Å². The number of rotatable bonds is 8. The number of thiazole rings is 1. The Kier molecular flexibility index (Phi) is 7.02. The molecule has 1 aromatic heterocycles.